The van der Waals surface area contributed by atoms with Gasteiger partial charge in [-0.25, -0.2) is 5.21 Å². The Kier molecular flexibility index (Phi) is 3.00. The Bertz CT molecular complexity index is 756. The van der Waals surface area contributed by atoms with E-state index in [1.165, 1.54) is 0 Å². The van der Waals surface area contributed by atoms with Gasteiger partial charge in [-0.05, 0) is 18.2 Å². The fraction of sp³-hybridized carbons (Fsp3) is 0.125. The fourth-order valence-electron chi connectivity index (χ4n) is 2.64. The second-order valence-electron chi connectivity index (χ2n) is 5.05. The van der Waals surface area contributed by atoms with Gasteiger partial charge in [-0.1, -0.05) is 24.3 Å². The van der Waals surface area contributed by atoms with Crippen molar-refractivity contribution in [1.82, 2.24) is 0 Å². The molecule has 0 amide bonds. The molecule has 2 unspecified atom stereocenters. The van der Waals surface area contributed by atoms with Gasteiger partial charge in [-0.3, -0.25) is 0 Å². The van der Waals surface area contributed by atoms with E-state index in [0.717, 1.165) is 5.56 Å². The molecule has 2 N–H and O–H groups in total. The summed E-state index contributed by atoms with van der Waals surface area (Å²) in [5.74, 6) is 1.92. The lowest BCUT2D eigenvalue weighted by Crippen LogP contribution is -3.03. The second kappa shape index (κ2) is 5.03. The van der Waals surface area contributed by atoms with Crippen molar-refractivity contribution in [2.75, 3.05) is 6.79 Å². The van der Waals surface area contributed by atoms with E-state index in [0.29, 0.717) is 22.8 Å². The van der Waals surface area contributed by atoms with Gasteiger partial charge in [-0.2, -0.15) is 5.23 Å². The van der Waals surface area contributed by atoms with Gasteiger partial charge in [0, 0.05) is 17.2 Å². The number of fused-ring (bicyclic) bond motifs is 2. The van der Waals surface area contributed by atoms with E-state index in [9.17, 15) is 10.4 Å². The fourth-order valence-corrected chi connectivity index (χ4v) is 2.64. The van der Waals surface area contributed by atoms with E-state index in [4.69, 9.17) is 14.2 Å². The van der Waals surface area contributed by atoms with Crippen LogP contribution in [0, 0.1) is 5.21 Å². The zero-order valence-corrected chi connectivity index (χ0v) is 11.5. The van der Waals surface area contributed by atoms with Gasteiger partial charge in [0.25, 0.3) is 0 Å². The maximum Gasteiger partial charge on any atom is 0.231 e. The Labute approximate surface area is 126 Å². The summed E-state index contributed by atoms with van der Waals surface area (Å²) < 4.78 is 16.5. The molecule has 6 nitrogen and oxygen atoms in total. The van der Waals surface area contributed by atoms with Gasteiger partial charge in [0.05, 0.1) is 0 Å². The molecule has 2 heterocycles. The zero-order valence-electron chi connectivity index (χ0n) is 11.5. The molecule has 0 aliphatic carbocycles. The van der Waals surface area contributed by atoms with Gasteiger partial charge in [0.15, 0.2) is 17.2 Å². The summed E-state index contributed by atoms with van der Waals surface area (Å²) in [6.45, 7) is 0.175. The molecular formula is C16H13NO5. The number of para-hydroxylation sites is 1. The minimum absolute atomic E-state index is 0.175. The average molecular weight is 299 g/mol. The molecule has 2 aliphatic heterocycles. The third kappa shape index (κ3) is 2.10. The first kappa shape index (κ1) is 13.1. The number of rotatable bonds is 2. The Morgan fingerprint density at radius 2 is 1.86 bits per heavy atom. The lowest BCUT2D eigenvalue weighted by Gasteiger charge is -2.29. The van der Waals surface area contributed by atoms with Crippen molar-refractivity contribution in [2.24, 2.45) is 0 Å². The molecule has 0 aromatic heterocycles. The van der Waals surface area contributed by atoms with E-state index < -0.39 is 11.3 Å². The Morgan fingerprint density at radius 3 is 2.73 bits per heavy atom. The predicted octanol–water partition coefficient (Wildman–Crippen LogP) is 1.66. The van der Waals surface area contributed by atoms with E-state index >= 15 is 0 Å². The van der Waals surface area contributed by atoms with Crippen molar-refractivity contribution < 1.29 is 24.6 Å². The molecule has 0 radical (unpaired) electrons. The molecule has 112 valence electrons. The van der Waals surface area contributed by atoms with Gasteiger partial charge in [0.1, 0.15) is 5.75 Å². The molecule has 0 saturated carbocycles. The Hall–Kier alpha value is -2.54. The number of nitrogens with one attached hydrogen (secondary N) is 1. The molecule has 2 aromatic rings. The molecule has 4 rings (SSSR count). The molecular weight excluding hydrogens is 286 g/mol. The van der Waals surface area contributed by atoms with Crippen LogP contribution in [-0.2, 0) is 0 Å². The number of ether oxygens (including phenoxy) is 3. The van der Waals surface area contributed by atoms with Gasteiger partial charge in [-0.15, -0.1) is 0 Å². The smallest absolute Gasteiger partial charge is 0.231 e. The van der Waals surface area contributed by atoms with Gasteiger partial charge in [0.2, 0.25) is 12.9 Å². The van der Waals surface area contributed by atoms with Crippen molar-refractivity contribution in [3.63, 3.8) is 0 Å². The quantitative estimate of drug-likeness (QED) is 0.825. The number of quaternary nitrogens is 1. The SMILES string of the molecule is [O-][NH+](O)C1=Cc2ccccc2OC1c1ccc2c(c1)OCO2. The highest BCUT2D eigenvalue weighted by molar-refractivity contribution is 5.62. The summed E-state index contributed by atoms with van der Waals surface area (Å²) in [6, 6.07) is 12.7. The maximum atomic E-state index is 11.6. The minimum Gasteiger partial charge on any atom is -0.595 e. The van der Waals surface area contributed by atoms with Crippen LogP contribution in [0.15, 0.2) is 48.2 Å². The van der Waals surface area contributed by atoms with Crippen molar-refractivity contribution >= 4 is 6.08 Å². The summed E-state index contributed by atoms with van der Waals surface area (Å²) >= 11 is 0. The molecule has 0 saturated heterocycles. The maximum absolute atomic E-state index is 11.6. The van der Waals surface area contributed by atoms with Crippen molar-refractivity contribution in [3.05, 3.63) is 64.5 Å². The van der Waals surface area contributed by atoms with E-state index in [2.05, 4.69) is 0 Å². The third-order valence-electron chi connectivity index (χ3n) is 3.70. The molecule has 2 aromatic carbocycles. The first-order valence-electron chi connectivity index (χ1n) is 6.82. The van der Waals surface area contributed by atoms with Crippen LogP contribution in [0.5, 0.6) is 17.2 Å². The summed E-state index contributed by atoms with van der Waals surface area (Å²) in [5.41, 5.74) is 1.67. The molecule has 2 atom stereocenters. The van der Waals surface area contributed by atoms with Gasteiger partial charge < -0.3 is 19.4 Å². The van der Waals surface area contributed by atoms with Crippen LogP contribution in [0.25, 0.3) is 6.08 Å². The third-order valence-corrected chi connectivity index (χ3v) is 3.70. The van der Waals surface area contributed by atoms with E-state index in [-0.39, 0.29) is 12.5 Å². The first-order chi connectivity index (χ1) is 10.7. The van der Waals surface area contributed by atoms with E-state index in [1.807, 2.05) is 24.3 Å². The summed E-state index contributed by atoms with van der Waals surface area (Å²) in [7, 11) is 0. The molecule has 6 heteroatoms. The first-order valence-corrected chi connectivity index (χ1v) is 6.82. The second-order valence-corrected chi connectivity index (χ2v) is 5.05. The van der Waals surface area contributed by atoms with Gasteiger partial charge >= 0.3 is 0 Å². The molecule has 2 aliphatic rings. The van der Waals surface area contributed by atoms with Crippen LogP contribution in [0.4, 0.5) is 0 Å². The molecule has 0 spiro atoms. The lowest BCUT2D eigenvalue weighted by atomic mass is 10.0. The van der Waals surface area contributed by atoms with E-state index in [1.54, 1.807) is 24.3 Å². The summed E-state index contributed by atoms with van der Waals surface area (Å²) in [5, 5.41) is 20.1. The van der Waals surface area contributed by atoms with Crippen LogP contribution in [0.2, 0.25) is 0 Å². The van der Waals surface area contributed by atoms with Crippen LogP contribution in [0.3, 0.4) is 0 Å². The highest BCUT2D eigenvalue weighted by atomic mass is 16.8. The number of hydroxylamine groups is 2. The zero-order chi connectivity index (χ0) is 15.1. The topological polar surface area (TPSA) is 75.4 Å². The number of benzene rings is 2. The standard InChI is InChI=1S/C16H13NO5/c18-17(19)12-7-10-3-1-2-4-13(10)22-16(12)11-5-6-14-15(8-11)21-9-20-14/h1-8,16-18H,9H2. The van der Waals surface area contributed by atoms with Crippen LogP contribution in [0.1, 0.15) is 17.2 Å². The van der Waals surface area contributed by atoms with Crippen LogP contribution in [-0.4, -0.2) is 12.0 Å². The number of hydrogen-bond acceptors (Lipinski definition) is 5. The number of hydrogen-bond donors (Lipinski definition) is 2. The average Bonchev–Trinajstić information content (AvgIpc) is 3.01. The highest BCUT2D eigenvalue weighted by Crippen LogP contribution is 2.39. The van der Waals surface area contributed by atoms with Crippen LogP contribution < -0.4 is 19.4 Å². The largest absolute Gasteiger partial charge is 0.595 e. The molecule has 22 heavy (non-hydrogen) atoms. The summed E-state index contributed by atoms with van der Waals surface area (Å²) in [6.07, 6.45) is 0.970. The van der Waals surface area contributed by atoms with Crippen molar-refractivity contribution in [1.29, 1.82) is 0 Å². The monoisotopic (exact) mass is 299 g/mol. The van der Waals surface area contributed by atoms with Crippen molar-refractivity contribution in [3.8, 4) is 17.2 Å². The lowest BCUT2D eigenvalue weighted by molar-refractivity contribution is -1.02. The highest BCUT2D eigenvalue weighted by Gasteiger charge is 2.31. The van der Waals surface area contributed by atoms with Crippen LogP contribution >= 0.6 is 0 Å². The summed E-state index contributed by atoms with van der Waals surface area (Å²) in [4.78, 5) is 0. The Balaban J connectivity index is 1.78. The Morgan fingerprint density at radius 1 is 1.05 bits per heavy atom. The normalized spacial score (nSPS) is 19.9. The predicted molar refractivity (Wildman–Crippen MR) is 76.5 cm³/mol. The molecule has 0 fully saturated rings. The minimum atomic E-state index is -1.00. The van der Waals surface area contributed by atoms with Crippen molar-refractivity contribution in [2.45, 2.75) is 6.10 Å². The molecule has 0 bridgehead atoms.